The van der Waals surface area contributed by atoms with Crippen LogP contribution in [0.5, 0.6) is 0 Å². The lowest BCUT2D eigenvalue weighted by molar-refractivity contribution is -0.141. The molecular weight excluding hydrogens is 438 g/mol. The van der Waals surface area contributed by atoms with Crippen molar-refractivity contribution in [2.75, 3.05) is 6.54 Å². The molecule has 2 aromatic heterocycles. The predicted molar refractivity (Wildman–Crippen MR) is 125 cm³/mol. The van der Waals surface area contributed by atoms with Gasteiger partial charge in [0.2, 0.25) is 11.8 Å². The number of hydrogen-bond donors (Lipinski definition) is 2. The molecule has 2 N–H and O–H groups in total. The van der Waals surface area contributed by atoms with Crippen molar-refractivity contribution in [2.24, 2.45) is 0 Å². The molecule has 0 unspecified atom stereocenters. The van der Waals surface area contributed by atoms with E-state index in [-0.39, 0.29) is 36.7 Å². The van der Waals surface area contributed by atoms with Crippen LogP contribution in [0.2, 0.25) is 0 Å². The minimum Gasteiger partial charge on any atom is -0.459 e. The minimum absolute atomic E-state index is 0.126. The fourth-order valence-electron chi connectivity index (χ4n) is 4.10. The van der Waals surface area contributed by atoms with E-state index in [4.69, 9.17) is 4.42 Å². The molecule has 1 aromatic carbocycles. The first-order valence-corrected chi connectivity index (χ1v) is 12.0. The molecule has 1 saturated carbocycles. The van der Waals surface area contributed by atoms with Gasteiger partial charge >= 0.3 is 0 Å². The molecule has 3 aromatic rings. The summed E-state index contributed by atoms with van der Waals surface area (Å²) in [5, 5.41) is 7.70. The SMILES string of the molecule is O=C(NCC(=O)N(Cc1cccs1)[C@@H](C(=O)NC1CCCC1)c1ccccc1)c1ccco1. The van der Waals surface area contributed by atoms with Crippen LogP contribution in [0.4, 0.5) is 0 Å². The molecule has 4 rings (SSSR count). The summed E-state index contributed by atoms with van der Waals surface area (Å²) in [6, 6.07) is 15.6. The molecule has 1 aliphatic carbocycles. The first-order chi connectivity index (χ1) is 16.1. The summed E-state index contributed by atoms with van der Waals surface area (Å²) in [4.78, 5) is 41.7. The number of carbonyl (C=O) groups is 3. The van der Waals surface area contributed by atoms with Crippen LogP contribution in [0, 0.1) is 0 Å². The second kappa shape index (κ2) is 11.0. The number of benzene rings is 1. The number of carbonyl (C=O) groups excluding carboxylic acids is 3. The second-order valence-corrected chi connectivity index (χ2v) is 9.10. The Morgan fingerprint density at radius 3 is 2.48 bits per heavy atom. The zero-order valence-corrected chi connectivity index (χ0v) is 19.1. The van der Waals surface area contributed by atoms with E-state index >= 15 is 0 Å². The smallest absolute Gasteiger partial charge is 0.287 e. The predicted octanol–water partition coefficient (Wildman–Crippen LogP) is 3.90. The van der Waals surface area contributed by atoms with Crippen molar-refractivity contribution >= 4 is 29.1 Å². The van der Waals surface area contributed by atoms with Crippen molar-refractivity contribution in [1.29, 1.82) is 0 Å². The number of amides is 3. The van der Waals surface area contributed by atoms with Gasteiger partial charge in [-0.15, -0.1) is 11.3 Å². The van der Waals surface area contributed by atoms with Crippen LogP contribution in [0.15, 0.2) is 70.7 Å². The Hall–Kier alpha value is -3.39. The lowest BCUT2D eigenvalue weighted by Gasteiger charge is -2.32. The van der Waals surface area contributed by atoms with Crippen LogP contribution in [0.25, 0.3) is 0 Å². The van der Waals surface area contributed by atoms with Crippen LogP contribution >= 0.6 is 11.3 Å². The molecule has 2 heterocycles. The number of nitrogens with zero attached hydrogens (tertiary/aromatic N) is 1. The molecule has 3 amide bonds. The largest absolute Gasteiger partial charge is 0.459 e. The van der Waals surface area contributed by atoms with Crippen LogP contribution < -0.4 is 10.6 Å². The van der Waals surface area contributed by atoms with Gasteiger partial charge in [0.05, 0.1) is 19.4 Å². The van der Waals surface area contributed by atoms with E-state index in [0.29, 0.717) is 0 Å². The van der Waals surface area contributed by atoms with Crippen molar-refractivity contribution in [1.82, 2.24) is 15.5 Å². The Bertz CT molecular complexity index is 1040. The van der Waals surface area contributed by atoms with E-state index in [1.165, 1.54) is 23.7 Å². The summed E-state index contributed by atoms with van der Waals surface area (Å²) < 4.78 is 5.10. The molecule has 33 heavy (non-hydrogen) atoms. The van der Waals surface area contributed by atoms with Crippen molar-refractivity contribution in [3.05, 3.63) is 82.4 Å². The average molecular weight is 466 g/mol. The number of furan rings is 1. The van der Waals surface area contributed by atoms with Gasteiger partial charge in [0, 0.05) is 10.9 Å². The lowest BCUT2D eigenvalue weighted by atomic mass is 10.0. The first-order valence-electron chi connectivity index (χ1n) is 11.1. The molecule has 0 saturated heterocycles. The molecule has 7 nitrogen and oxygen atoms in total. The quantitative estimate of drug-likeness (QED) is 0.501. The highest BCUT2D eigenvalue weighted by molar-refractivity contribution is 7.09. The number of hydrogen-bond acceptors (Lipinski definition) is 5. The maximum atomic E-state index is 13.5. The molecule has 0 spiro atoms. The highest BCUT2D eigenvalue weighted by Crippen LogP contribution is 2.27. The van der Waals surface area contributed by atoms with E-state index in [1.807, 2.05) is 47.8 Å². The molecule has 8 heteroatoms. The summed E-state index contributed by atoms with van der Waals surface area (Å²) in [6.07, 6.45) is 5.49. The van der Waals surface area contributed by atoms with Crippen molar-refractivity contribution in [3.8, 4) is 0 Å². The van der Waals surface area contributed by atoms with Gasteiger partial charge in [-0.3, -0.25) is 14.4 Å². The second-order valence-electron chi connectivity index (χ2n) is 8.06. The zero-order valence-electron chi connectivity index (χ0n) is 18.2. The Labute approximate surface area is 196 Å². The van der Waals surface area contributed by atoms with Crippen LogP contribution in [0.1, 0.15) is 52.7 Å². The van der Waals surface area contributed by atoms with Gasteiger partial charge in [0.25, 0.3) is 5.91 Å². The molecule has 1 atom stereocenters. The van der Waals surface area contributed by atoms with Crippen molar-refractivity contribution in [2.45, 2.75) is 44.3 Å². The van der Waals surface area contributed by atoms with Crippen molar-refractivity contribution < 1.29 is 18.8 Å². The Kier molecular flexibility index (Phi) is 7.57. The molecule has 0 radical (unpaired) electrons. The third kappa shape index (κ3) is 5.90. The number of nitrogens with one attached hydrogen (secondary N) is 2. The van der Waals surface area contributed by atoms with Gasteiger partial charge in [-0.25, -0.2) is 0 Å². The van der Waals surface area contributed by atoms with E-state index in [0.717, 1.165) is 36.1 Å². The maximum Gasteiger partial charge on any atom is 0.287 e. The minimum atomic E-state index is -0.804. The van der Waals surface area contributed by atoms with Crippen molar-refractivity contribution in [3.63, 3.8) is 0 Å². The molecule has 1 aliphatic rings. The number of thiophene rings is 1. The highest BCUT2D eigenvalue weighted by atomic mass is 32.1. The molecule has 0 aliphatic heterocycles. The average Bonchev–Trinajstić information content (AvgIpc) is 3.61. The van der Waals surface area contributed by atoms with E-state index in [9.17, 15) is 14.4 Å². The van der Waals surface area contributed by atoms with E-state index in [1.54, 1.807) is 11.0 Å². The van der Waals surface area contributed by atoms with Gasteiger partial charge in [-0.1, -0.05) is 49.2 Å². The molecule has 1 fully saturated rings. The van der Waals surface area contributed by atoms with Gasteiger partial charge in [-0.05, 0) is 42.0 Å². The summed E-state index contributed by atoms with van der Waals surface area (Å²) in [5.41, 5.74) is 0.732. The van der Waals surface area contributed by atoms with Gasteiger partial charge in [-0.2, -0.15) is 0 Å². The van der Waals surface area contributed by atoms with Crippen LogP contribution in [-0.2, 0) is 16.1 Å². The Balaban J connectivity index is 1.58. The van der Waals surface area contributed by atoms with E-state index in [2.05, 4.69) is 10.6 Å². The summed E-state index contributed by atoms with van der Waals surface area (Å²) >= 11 is 1.52. The summed E-state index contributed by atoms with van der Waals surface area (Å²) in [6.45, 7) is 0.0235. The van der Waals surface area contributed by atoms with E-state index < -0.39 is 11.9 Å². The Morgan fingerprint density at radius 1 is 1.03 bits per heavy atom. The molecule has 0 bridgehead atoms. The number of rotatable bonds is 9. The highest BCUT2D eigenvalue weighted by Gasteiger charge is 2.33. The lowest BCUT2D eigenvalue weighted by Crippen LogP contribution is -2.48. The Morgan fingerprint density at radius 2 is 1.82 bits per heavy atom. The topological polar surface area (TPSA) is 91.7 Å². The normalized spacial score (nSPS) is 14.5. The fraction of sp³-hybridized carbons (Fsp3) is 0.320. The third-order valence-electron chi connectivity index (χ3n) is 5.75. The van der Waals surface area contributed by atoms with Gasteiger partial charge in [0.15, 0.2) is 5.76 Å². The summed E-state index contributed by atoms with van der Waals surface area (Å²) in [7, 11) is 0. The van der Waals surface area contributed by atoms with Crippen LogP contribution in [0.3, 0.4) is 0 Å². The first kappa shape index (κ1) is 22.8. The third-order valence-corrected chi connectivity index (χ3v) is 6.61. The summed E-state index contributed by atoms with van der Waals surface area (Å²) in [5.74, 6) is -0.892. The maximum absolute atomic E-state index is 13.5. The van der Waals surface area contributed by atoms with Gasteiger partial charge < -0.3 is 20.0 Å². The molecular formula is C25H27N3O4S. The standard InChI is InChI=1S/C25H27N3O4S/c29-22(16-26-24(30)21-13-6-14-32-21)28(17-20-12-7-15-33-20)23(18-8-2-1-3-9-18)25(31)27-19-10-4-5-11-19/h1-3,6-9,12-15,19,23H,4-5,10-11,16-17H2,(H,26,30)(H,27,31)/t23-/m1/s1. The monoisotopic (exact) mass is 465 g/mol. The van der Waals surface area contributed by atoms with Crippen LogP contribution in [-0.4, -0.2) is 35.2 Å². The fourth-order valence-corrected chi connectivity index (χ4v) is 4.81. The zero-order chi connectivity index (χ0) is 23.0. The van der Waals surface area contributed by atoms with Gasteiger partial charge in [0.1, 0.15) is 6.04 Å². The molecule has 172 valence electrons.